The first kappa shape index (κ1) is 19.4. The first-order valence-corrected chi connectivity index (χ1v) is 11.3. The van der Waals surface area contributed by atoms with E-state index in [1.54, 1.807) is 0 Å². The Morgan fingerprint density at radius 3 is 1.72 bits per heavy atom. The van der Waals surface area contributed by atoms with E-state index in [-0.39, 0.29) is 37.9 Å². The molecular formula is C29H36. The van der Waals surface area contributed by atoms with E-state index in [9.17, 15) is 0 Å². The summed E-state index contributed by atoms with van der Waals surface area (Å²) in [4.78, 5) is 0. The summed E-state index contributed by atoms with van der Waals surface area (Å²) in [5.41, 5.74) is 1.22. The van der Waals surface area contributed by atoms with Gasteiger partial charge in [-0.2, -0.15) is 0 Å². The fourth-order valence-electron chi connectivity index (χ4n) is 8.93. The third-order valence-electron chi connectivity index (χ3n) is 11.8. The third-order valence-corrected chi connectivity index (χ3v) is 11.8. The largest absolute Gasteiger partial charge is 0.0808 e. The maximum absolute atomic E-state index is 4.19. The van der Waals surface area contributed by atoms with Crippen LogP contribution in [0.1, 0.15) is 55.4 Å². The Labute approximate surface area is 178 Å². The van der Waals surface area contributed by atoms with E-state index in [1.807, 2.05) is 0 Å². The molecule has 8 unspecified atom stereocenters. The standard InChI is InChI=1S/C29H36/c1-21-14-13-15-22-20-27(6)25(4)18-10-9-16-23(25,2)24(3)17-11-12-19-26(24,5)29(27,8)28(21,22)7/h9-19,21H,1-8H3. The van der Waals surface area contributed by atoms with Crippen LogP contribution in [0.3, 0.4) is 0 Å². The summed E-state index contributed by atoms with van der Waals surface area (Å²) in [7, 11) is 0. The van der Waals surface area contributed by atoms with E-state index < -0.39 is 0 Å². The van der Waals surface area contributed by atoms with Gasteiger partial charge in [0.25, 0.3) is 0 Å². The normalized spacial score (nSPS) is 59.0. The van der Waals surface area contributed by atoms with Crippen molar-refractivity contribution in [3.63, 3.8) is 0 Å². The molecule has 0 heteroatoms. The lowest BCUT2D eigenvalue weighted by atomic mass is 9.23. The van der Waals surface area contributed by atoms with Crippen LogP contribution in [0.25, 0.3) is 0 Å². The van der Waals surface area contributed by atoms with Gasteiger partial charge >= 0.3 is 0 Å². The van der Waals surface area contributed by atoms with Crippen molar-refractivity contribution < 1.29 is 0 Å². The molecule has 0 amide bonds. The van der Waals surface area contributed by atoms with Gasteiger partial charge < -0.3 is 0 Å². The fourth-order valence-corrected chi connectivity index (χ4v) is 8.93. The van der Waals surface area contributed by atoms with Crippen molar-refractivity contribution in [2.75, 3.05) is 0 Å². The Morgan fingerprint density at radius 1 is 0.655 bits per heavy atom. The lowest BCUT2D eigenvalue weighted by molar-refractivity contribution is -0.262. The third kappa shape index (κ3) is 1.50. The van der Waals surface area contributed by atoms with Crippen molar-refractivity contribution in [3.8, 4) is 0 Å². The number of fused-ring (bicyclic) bond motifs is 8. The van der Waals surface area contributed by atoms with Gasteiger partial charge in [0.15, 0.2) is 0 Å². The average molecular weight is 385 g/mol. The lowest BCUT2D eigenvalue weighted by Crippen LogP contribution is -2.75. The van der Waals surface area contributed by atoms with Crippen LogP contribution < -0.4 is 0 Å². The molecule has 0 heterocycles. The van der Waals surface area contributed by atoms with Gasteiger partial charge in [-0.3, -0.25) is 0 Å². The summed E-state index contributed by atoms with van der Waals surface area (Å²) in [5, 5.41) is 0. The highest BCUT2D eigenvalue weighted by Gasteiger charge is 2.84. The van der Waals surface area contributed by atoms with Crippen LogP contribution in [0.4, 0.5) is 0 Å². The van der Waals surface area contributed by atoms with Crippen LogP contribution in [0, 0.1) is 50.2 Å². The highest BCUT2D eigenvalue weighted by atomic mass is 14.9. The highest BCUT2D eigenvalue weighted by molar-refractivity contribution is 5.55. The fraction of sp³-hybridized carbons (Fsp3) is 0.552. The summed E-state index contributed by atoms with van der Waals surface area (Å²) >= 11 is 0. The molecule has 0 bridgehead atoms. The molecule has 0 aromatic rings. The minimum absolute atomic E-state index is 0.0111. The quantitative estimate of drug-likeness (QED) is 0.405. The van der Waals surface area contributed by atoms with Gasteiger partial charge in [0.1, 0.15) is 0 Å². The molecule has 0 aliphatic heterocycles. The first-order chi connectivity index (χ1) is 13.4. The van der Waals surface area contributed by atoms with E-state index >= 15 is 0 Å². The number of allylic oxidation sites excluding steroid dienone is 12. The maximum Gasteiger partial charge on any atom is 0.0206 e. The molecule has 0 nitrogen and oxygen atoms in total. The Kier molecular flexibility index (Phi) is 3.35. The molecule has 0 saturated heterocycles. The molecule has 29 heavy (non-hydrogen) atoms. The molecule has 0 spiro atoms. The molecule has 8 atom stereocenters. The van der Waals surface area contributed by atoms with E-state index in [1.165, 1.54) is 5.57 Å². The molecule has 152 valence electrons. The van der Waals surface area contributed by atoms with Crippen molar-refractivity contribution >= 4 is 0 Å². The van der Waals surface area contributed by atoms with Crippen LogP contribution in [0.2, 0.25) is 0 Å². The van der Waals surface area contributed by atoms with Crippen LogP contribution in [0.15, 0.2) is 72.4 Å². The number of hydrogen-bond donors (Lipinski definition) is 0. The van der Waals surface area contributed by atoms with Gasteiger partial charge in [-0.05, 0) is 16.7 Å². The predicted octanol–water partition coefficient (Wildman–Crippen LogP) is 7.52. The van der Waals surface area contributed by atoms with Crippen molar-refractivity contribution in [1.29, 1.82) is 0 Å². The number of hydrogen-bond acceptors (Lipinski definition) is 0. The van der Waals surface area contributed by atoms with Gasteiger partial charge in [-0.15, -0.1) is 0 Å². The van der Waals surface area contributed by atoms with Gasteiger partial charge in [0.2, 0.25) is 0 Å². The minimum Gasteiger partial charge on any atom is -0.0808 e. The Morgan fingerprint density at radius 2 is 1.14 bits per heavy atom. The van der Waals surface area contributed by atoms with Crippen LogP contribution in [0.5, 0.6) is 0 Å². The smallest absolute Gasteiger partial charge is 0.0206 e. The molecular weight excluding hydrogens is 348 g/mol. The molecule has 2 saturated carbocycles. The molecule has 2 fully saturated rings. The van der Waals surface area contributed by atoms with Crippen molar-refractivity contribution in [3.05, 3.63) is 78.8 Å². The molecule has 5 aliphatic carbocycles. The first-order valence-electron chi connectivity index (χ1n) is 11.3. The Bertz CT molecular complexity index is 970. The predicted molar refractivity (Wildman–Crippen MR) is 123 cm³/mol. The van der Waals surface area contributed by atoms with Gasteiger partial charge in [-0.1, -0.05) is 128 Å². The molecule has 0 aromatic heterocycles. The lowest BCUT2D eigenvalue weighted by Gasteiger charge is -2.79. The SMILES string of the molecule is CC1C=CC=C2[C]C3(C)C4(C)C=CC=CC4(C)C4(C)C=CC=CC4(C)C3(C)C21C. The highest BCUT2D eigenvalue weighted by Crippen LogP contribution is 2.89. The van der Waals surface area contributed by atoms with Crippen molar-refractivity contribution in [1.82, 2.24) is 0 Å². The van der Waals surface area contributed by atoms with E-state index in [4.69, 9.17) is 0 Å². The zero-order valence-electron chi connectivity index (χ0n) is 19.4. The van der Waals surface area contributed by atoms with Crippen LogP contribution >= 0.6 is 0 Å². The minimum atomic E-state index is -0.110. The molecule has 5 rings (SSSR count). The molecule has 5 aliphatic rings. The van der Waals surface area contributed by atoms with E-state index in [0.29, 0.717) is 5.92 Å². The maximum atomic E-state index is 4.19. The van der Waals surface area contributed by atoms with E-state index in [0.717, 1.165) is 0 Å². The second-order valence-corrected chi connectivity index (χ2v) is 11.6. The van der Waals surface area contributed by atoms with Crippen LogP contribution in [-0.4, -0.2) is 0 Å². The molecule has 2 radical (unpaired) electrons. The summed E-state index contributed by atoms with van der Waals surface area (Å²) in [6, 6.07) is 0. The van der Waals surface area contributed by atoms with Crippen molar-refractivity contribution in [2.24, 2.45) is 43.8 Å². The Balaban J connectivity index is 1.95. The zero-order chi connectivity index (χ0) is 21.1. The summed E-state index contributed by atoms with van der Waals surface area (Å²) in [5.74, 6) is 0.471. The van der Waals surface area contributed by atoms with Crippen LogP contribution in [-0.2, 0) is 0 Å². The van der Waals surface area contributed by atoms with Gasteiger partial charge in [0.05, 0.1) is 0 Å². The molecule has 0 aromatic carbocycles. The molecule has 0 N–H and O–H groups in total. The Hall–Kier alpha value is -1.56. The second-order valence-electron chi connectivity index (χ2n) is 11.6. The number of rotatable bonds is 0. The second kappa shape index (κ2) is 5.01. The topological polar surface area (TPSA) is 0 Å². The zero-order valence-corrected chi connectivity index (χ0v) is 19.4. The van der Waals surface area contributed by atoms with E-state index in [2.05, 4.69) is 129 Å². The summed E-state index contributed by atoms with van der Waals surface area (Å²) in [6.45, 7) is 20.1. The van der Waals surface area contributed by atoms with Gasteiger partial charge in [-0.25, -0.2) is 0 Å². The summed E-state index contributed by atoms with van der Waals surface area (Å²) in [6.07, 6.45) is 30.4. The monoisotopic (exact) mass is 384 g/mol. The summed E-state index contributed by atoms with van der Waals surface area (Å²) < 4.78 is 0. The van der Waals surface area contributed by atoms with Crippen molar-refractivity contribution in [2.45, 2.75) is 55.4 Å². The van der Waals surface area contributed by atoms with Gasteiger partial charge in [0, 0.05) is 33.5 Å². The average Bonchev–Trinajstić information content (AvgIpc) is 2.87.